The Morgan fingerprint density at radius 2 is 1.97 bits per heavy atom. The molecule has 1 amide bonds. The van der Waals surface area contributed by atoms with E-state index in [1.807, 2.05) is 12.1 Å². The van der Waals surface area contributed by atoms with Crippen LogP contribution in [0.1, 0.15) is 10.4 Å². The number of amides is 1. The van der Waals surface area contributed by atoms with E-state index in [2.05, 4.69) is 9.88 Å². The number of nitrogens with zero attached hydrogens (tertiary/aromatic N) is 4. The van der Waals surface area contributed by atoms with Crippen molar-refractivity contribution >= 4 is 73.9 Å². The zero-order chi connectivity index (χ0) is 22.0. The van der Waals surface area contributed by atoms with Crippen LogP contribution in [-0.2, 0) is 4.74 Å². The van der Waals surface area contributed by atoms with Gasteiger partial charge in [0.15, 0.2) is 5.13 Å². The van der Waals surface area contributed by atoms with Gasteiger partial charge in [-0.15, -0.1) is 12.4 Å². The van der Waals surface area contributed by atoms with Gasteiger partial charge in [0.2, 0.25) is 0 Å². The molecule has 0 unspecified atom stereocenters. The minimum atomic E-state index is -0.553. The first-order valence-corrected chi connectivity index (χ1v) is 11.1. The SMILES string of the molecule is Cl.O=C(c1cc([N+](=O)[O-])ccc1Cl)N(CCN1CCOCC1)c1nc2c(Cl)cccc2s1. The van der Waals surface area contributed by atoms with Crippen LogP contribution < -0.4 is 4.90 Å². The lowest BCUT2D eigenvalue weighted by molar-refractivity contribution is -0.384. The average Bonchev–Trinajstić information content (AvgIpc) is 3.20. The van der Waals surface area contributed by atoms with Crippen LogP contribution in [0.2, 0.25) is 10.0 Å². The fourth-order valence-corrected chi connectivity index (χ4v) is 4.79. The number of morpholine rings is 1. The summed E-state index contributed by atoms with van der Waals surface area (Å²) >= 11 is 13.9. The second-order valence-electron chi connectivity index (χ2n) is 6.92. The minimum absolute atomic E-state index is 0. The molecule has 0 N–H and O–H groups in total. The Labute approximate surface area is 204 Å². The van der Waals surface area contributed by atoms with Gasteiger partial charge in [0.25, 0.3) is 11.6 Å². The van der Waals surface area contributed by atoms with Gasteiger partial charge >= 0.3 is 0 Å². The normalized spacial score (nSPS) is 14.2. The first kappa shape index (κ1) is 24.6. The number of aromatic nitrogens is 1. The third-order valence-corrected chi connectivity index (χ3v) is 6.65. The maximum atomic E-state index is 13.5. The molecule has 1 aromatic heterocycles. The zero-order valence-corrected chi connectivity index (χ0v) is 19.8. The molecule has 1 saturated heterocycles. The smallest absolute Gasteiger partial charge is 0.270 e. The van der Waals surface area contributed by atoms with E-state index in [0.29, 0.717) is 42.0 Å². The van der Waals surface area contributed by atoms with Crippen LogP contribution in [0.5, 0.6) is 0 Å². The van der Waals surface area contributed by atoms with Crippen LogP contribution in [0.25, 0.3) is 10.2 Å². The molecule has 1 aliphatic heterocycles. The van der Waals surface area contributed by atoms with Crippen molar-refractivity contribution in [3.05, 3.63) is 62.1 Å². The zero-order valence-electron chi connectivity index (χ0n) is 16.7. The maximum absolute atomic E-state index is 13.5. The lowest BCUT2D eigenvalue weighted by Gasteiger charge is -2.29. The van der Waals surface area contributed by atoms with Gasteiger partial charge in [0.05, 0.1) is 38.4 Å². The molecule has 32 heavy (non-hydrogen) atoms. The molecule has 12 heteroatoms. The van der Waals surface area contributed by atoms with Gasteiger partial charge in [0, 0.05) is 38.3 Å². The second-order valence-corrected chi connectivity index (χ2v) is 8.74. The van der Waals surface area contributed by atoms with Crippen LogP contribution in [0, 0.1) is 10.1 Å². The Morgan fingerprint density at radius 3 is 2.66 bits per heavy atom. The number of fused-ring (bicyclic) bond motifs is 1. The van der Waals surface area contributed by atoms with Crippen LogP contribution in [-0.4, -0.2) is 60.1 Å². The highest BCUT2D eigenvalue weighted by atomic mass is 35.5. The lowest BCUT2D eigenvalue weighted by atomic mass is 10.1. The number of thiazole rings is 1. The number of rotatable bonds is 6. The number of anilines is 1. The predicted octanol–water partition coefficient (Wildman–Crippen LogP) is 4.91. The number of halogens is 3. The summed E-state index contributed by atoms with van der Waals surface area (Å²) in [6.45, 7) is 3.76. The van der Waals surface area contributed by atoms with Crippen LogP contribution in [0.4, 0.5) is 10.8 Å². The molecule has 0 saturated carbocycles. The van der Waals surface area contributed by atoms with Gasteiger partial charge in [-0.05, 0) is 18.2 Å². The maximum Gasteiger partial charge on any atom is 0.270 e. The van der Waals surface area contributed by atoms with E-state index in [1.54, 1.807) is 6.07 Å². The molecule has 4 rings (SSSR count). The largest absolute Gasteiger partial charge is 0.379 e. The molecule has 0 spiro atoms. The number of hydrogen-bond acceptors (Lipinski definition) is 7. The molecule has 0 bridgehead atoms. The first-order valence-electron chi connectivity index (χ1n) is 9.55. The van der Waals surface area contributed by atoms with Crippen molar-refractivity contribution in [2.45, 2.75) is 0 Å². The summed E-state index contributed by atoms with van der Waals surface area (Å²) in [5, 5.41) is 12.3. The number of ether oxygens (including phenoxy) is 1. The Bertz CT molecular complexity index is 1140. The van der Waals surface area contributed by atoms with Gasteiger partial charge in [-0.2, -0.15) is 0 Å². The number of carbonyl (C=O) groups is 1. The Kier molecular flexibility index (Phi) is 8.26. The first-order chi connectivity index (χ1) is 14.9. The van der Waals surface area contributed by atoms with Crippen molar-refractivity contribution in [3.63, 3.8) is 0 Å². The van der Waals surface area contributed by atoms with E-state index in [4.69, 9.17) is 27.9 Å². The lowest BCUT2D eigenvalue weighted by Crippen LogP contribution is -2.43. The molecule has 170 valence electrons. The van der Waals surface area contributed by atoms with Gasteiger partial charge in [-0.3, -0.25) is 24.7 Å². The quantitative estimate of drug-likeness (QED) is 0.341. The number of para-hydroxylation sites is 1. The molecule has 2 aromatic carbocycles. The van der Waals surface area contributed by atoms with Gasteiger partial charge in [-0.25, -0.2) is 4.98 Å². The molecule has 0 aliphatic carbocycles. The number of carbonyl (C=O) groups excluding carboxylic acids is 1. The standard InChI is InChI=1S/C20H18Cl2N4O4S.ClH/c21-15-5-4-13(26(28)29)12-14(15)19(27)25(7-6-24-8-10-30-11-9-24)20-23-18-16(22)2-1-3-17(18)31-20;/h1-5,12H,6-11H2;1H. The van der Waals surface area contributed by atoms with E-state index < -0.39 is 10.8 Å². The minimum Gasteiger partial charge on any atom is -0.379 e. The molecule has 0 radical (unpaired) electrons. The van der Waals surface area contributed by atoms with E-state index in [0.717, 1.165) is 17.8 Å². The summed E-state index contributed by atoms with van der Waals surface area (Å²) in [5.74, 6) is -0.447. The Balaban J connectivity index is 0.00000289. The third kappa shape index (κ3) is 5.31. The molecule has 2 heterocycles. The average molecular weight is 518 g/mol. The van der Waals surface area contributed by atoms with Gasteiger partial charge < -0.3 is 4.74 Å². The van der Waals surface area contributed by atoms with Crippen molar-refractivity contribution in [3.8, 4) is 0 Å². The van der Waals surface area contributed by atoms with E-state index in [9.17, 15) is 14.9 Å². The van der Waals surface area contributed by atoms with Gasteiger partial charge in [0.1, 0.15) is 5.52 Å². The van der Waals surface area contributed by atoms with Crippen molar-refractivity contribution in [1.82, 2.24) is 9.88 Å². The number of nitro benzene ring substituents is 1. The van der Waals surface area contributed by atoms with Crippen molar-refractivity contribution < 1.29 is 14.5 Å². The Hall–Kier alpha value is -2.01. The molecule has 3 aromatic rings. The fourth-order valence-electron chi connectivity index (χ4n) is 3.31. The molecule has 8 nitrogen and oxygen atoms in total. The number of hydrogen-bond donors (Lipinski definition) is 0. The molecule has 1 aliphatic rings. The summed E-state index contributed by atoms with van der Waals surface area (Å²) in [5.41, 5.74) is 0.467. The highest BCUT2D eigenvalue weighted by Crippen LogP contribution is 2.34. The third-order valence-electron chi connectivity index (χ3n) is 4.97. The number of non-ortho nitro benzene ring substituents is 1. The van der Waals surface area contributed by atoms with Crippen LogP contribution >= 0.6 is 46.9 Å². The molecular weight excluding hydrogens is 499 g/mol. The molecule has 1 fully saturated rings. The van der Waals surface area contributed by atoms with Crippen molar-refractivity contribution in [1.29, 1.82) is 0 Å². The molecule has 0 atom stereocenters. The van der Waals surface area contributed by atoms with Crippen LogP contribution in [0.15, 0.2) is 36.4 Å². The highest BCUT2D eigenvalue weighted by Gasteiger charge is 2.26. The monoisotopic (exact) mass is 516 g/mol. The molecular formula is C20H19Cl3N4O4S. The summed E-state index contributed by atoms with van der Waals surface area (Å²) < 4.78 is 6.23. The topological polar surface area (TPSA) is 88.8 Å². The summed E-state index contributed by atoms with van der Waals surface area (Å²) in [6, 6.07) is 9.28. The van der Waals surface area contributed by atoms with Gasteiger partial charge in [-0.1, -0.05) is 40.6 Å². The van der Waals surface area contributed by atoms with Crippen LogP contribution in [0.3, 0.4) is 0 Å². The number of nitro groups is 1. The fraction of sp³-hybridized carbons (Fsp3) is 0.300. The summed E-state index contributed by atoms with van der Waals surface area (Å²) in [4.78, 5) is 32.4. The van der Waals surface area contributed by atoms with E-state index >= 15 is 0 Å². The van der Waals surface area contributed by atoms with Crippen molar-refractivity contribution in [2.24, 2.45) is 0 Å². The Morgan fingerprint density at radius 1 is 1.22 bits per heavy atom. The predicted molar refractivity (Wildman–Crippen MR) is 129 cm³/mol. The summed E-state index contributed by atoms with van der Waals surface area (Å²) in [6.07, 6.45) is 0. The number of benzene rings is 2. The summed E-state index contributed by atoms with van der Waals surface area (Å²) in [7, 11) is 0. The van der Waals surface area contributed by atoms with E-state index in [-0.39, 0.29) is 28.7 Å². The van der Waals surface area contributed by atoms with Crippen molar-refractivity contribution in [2.75, 3.05) is 44.3 Å². The highest BCUT2D eigenvalue weighted by molar-refractivity contribution is 7.22. The second kappa shape index (κ2) is 10.7. The van der Waals surface area contributed by atoms with E-state index in [1.165, 1.54) is 34.4 Å².